The molecule has 2 fully saturated rings. The van der Waals surface area contributed by atoms with Crippen LogP contribution < -0.4 is 9.64 Å². The molecule has 2 amide bonds. The molecule has 6 nitrogen and oxygen atoms in total. The summed E-state index contributed by atoms with van der Waals surface area (Å²) in [6, 6.07) is 4.56. The van der Waals surface area contributed by atoms with E-state index < -0.39 is 0 Å². The van der Waals surface area contributed by atoms with E-state index in [0.717, 1.165) is 18.5 Å². The molecule has 0 N–H and O–H groups in total. The van der Waals surface area contributed by atoms with Crippen molar-refractivity contribution in [2.45, 2.75) is 25.3 Å². The van der Waals surface area contributed by atoms with Crippen molar-refractivity contribution in [1.29, 1.82) is 0 Å². The van der Waals surface area contributed by atoms with Gasteiger partial charge in [0, 0.05) is 51.4 Å². The first kappa shape index (κ1) is 17.5. The van der Waals surface area contributed by atoms with E-state index in [9.17, 15) is 14.0 Å². The van der Waals surface area contributed by atoms with Crippen molar-refractivity contribution in [3.63, 3.8) is 0 Å². The highest BCUT2D eigenvalue weighted by Crippen LogP contribution is 2.25. The molecule has 0 aliphatic carbocycles. The minimum absolute atomic E-state index is 0.0242. The van der Waals surface area contributed by atoms with Gasteiger partial charge in [0.25, 0.3) is 0 Å². The molecule has 1 unspecified atom stereocenters. The molecular weight excluding hydrogens is 325 g/mol. The van der Waals surface area contributed by atoms with Gasteiger partial charge in [0.05, 0.1) is 7.11 Å². The van der Waals surface area contributed by atoms with E-state index in [2.05, 4.69) is 4.90 Å². The number of benzene rings is 1. The summed E-state index contributed by atoms with van der Waals surface area (Å²) in [6.07, 6.45) is 2.02. The van der Waals surface area contributed by atoms with Crippen LogP contribution in [0.2, 0.25) is 0 Å². The van der Waals surface area contributed by atoms with Crippen molar-refractivity contribution < 1.29 is 18.7 Å². The van der Waals surface area contributed by atoms with Crippen LogP contribution in [-0.2, 0) is 9.59 Å². The van der Waals surface area contributed by atoms with E-state index >= 15 is 0 Å². The number of amides is 2. The minimum Gasteiger partial charge on any atom is -0.494 e. The molecule has 1 aromatic carbocycles. The quantitative estimate of drug-likeness (QED) is 0.830. The number of piperidine rings is 1. The Labute approximate surface area is 147 Å². The number of rotatable bonds is 3. The van der Waals surface area contributed by atoms with Gasteiger partial charge in [-0.15, -0.1) is 0 Å². The van der Waals surface area contributed by atoms with Crippen LogP contribution >= 0.6 is 0 Å². The van der Waals surface area contributed by atoms with E-state index in [1.807, 2.05) is 11.0 Å². The van der Waals surface area contributed by atoms with Crippen molar-refractivity contribution in [2.75, 3.05) is 45.2 Å². The summed E-state index contributed by atoms with van der Waals surface area (Å²) < 4.78 is 18.8. The third-order valence-electron chi connectivity index (χ3n) is 5.11. The Morgan fingerprint density at radius 1 is 1.24 bits per heavy atom. The molecule has 2 heterocycles. The maximum absolute atomic E-state index is 13.9. The predicted octanol–water partition coefficient (Wildman–Crippen LogP) is 1.49. The summed E-state index contributed by atoms with van der Waals surface area (Å²) in [7, 11) is 3.15. The van der Waals surface area contributed by atoms with Crippen molar-refractivity contribution in [3.8, 4) is 5.75 Å². The third-order valence-corrected chi connectivity index (χ3v) is 5.11. The van der Waals surface area contributed by atoms with Gasteiger partial charge in [0.1, 0.15) is 6.04 Å². The largest absolute Gasteiger partial charge is 0.494 e. The normalized spacial score (nSPS) is 21.5. The maximum Gasteiger partial charge on any atom is 0.245 e. The SMILES string of the molecule is COc1ccc(N2CCN(C(=O)C3CCCC(=O)N3C)CC2)cc1F. The van der Waals surface area contributed by atoms with Gasteiger partial charge in [0.2, 0.25) is 11.8 Å². The van der Waals surface area contributed by atoms with E-state index in [1.165, 1.54) is 13.2 Å². The topological polar surface area (TPSA) is 53.1 Å². The highest BCUT2D eigenvalue weighted by molar-refractivity contribution is 5.88. The number of hydrogen-bond donors (Lipinski definition) is 0. The van der Waals surface area contributed by atoms with Gasteiger partial charge < -0.3 is 19.4 Å². The number of methoxy groups -OCH3 is 1. The van der Waals surface area contributed by atoms with E-state index in [-0.39, 0.29) is 29.4 Å². The van der Waals surface area contributed by atoms with Gasteiger partial charge in [-0.25, -0.2) is 4.39 Å². The molecule has 0 spiro atoms. The minimum atomic E-state index is -0.388. The Morgan fingerprint density at radius 3 is 2.60 bits per heavy atom. The van der Waals surface area contributed by atoms with Crippen LogP contribution in [0.25, 0.3) is 0 Å². The maximum atomic E-state index is 13.9. The number of hydrogen-bond acceptors (Lipinski definition) is 4. The number of carbonyl (C=O) groups is 2. The first-order valence-electron chi connectivity index (χ1n) is 8.64. The fourth-order valence-electron chi connectivity index (χ4n) is 3.53. The first-order valence-corrected chi connectivity index (χ1v) is 8.64. The molecule has 0 aromatic heterocycles. The Morgan fingerprint density at radius 2 is 1.96 bits per heavy atom. The average Bonchev–Trinajstić information content (AvgIpc) is 2.63. The smallest absolute Gasteiger partial charge is 0.245 e. The molecular formula is C18H24FN3O3. The summed E-state index contributed by atoms with van der Waals surface area (Å²) in [5.41, 5.74) is 0.787. The van der Waals surface area contributed by atoms with Crippen molar-refractivity contribution >= 4 is 17.5 Å². The molecule has 3 rings (SSSR count). The Bertz CT molecular complexity index is 659. The summed E-state index contributed by atoms with van der Waals surface area (Å²) in [6.45, 7) is 2.43. The Balaban J connectivity index is 1.60. The van der Waals surface area contributed by atoms with Gasteiger partial charge in [-0.1, -0.05) is 0 Å². The number of likely N-dealkylation sites (tertiary alicyclic amines) is 1. The highest BCUT2D eigenvalue weighted by atomic mass is 19.1. The lowest BCUT2D eigenvalue weighted by molar-refractivity contribution is -0.147. The lowest BCUT2D eigenvalue weighted by Gasteiger charge is -2.40. The molecule has 0 bridgehead atoms. The van der Waals surface area contributed by atoms with Crippen LogP contribution in [0.15, 0.2) is 18.2 Å². The lowest BCUT2D eigenvalue weighted by atomic mass is 10.0. The van der Waals surface area contributed by atoms with Gasteiger partial charge in [-0.2, -0.15) is 0 Å². The highest BCUT2D eigenvalue weighted by Gasteiger charge is 2.34. The first-order chi connectivity index (χ1) is 12.0. The second-order valence-corrected chi connectivity index (χ2v) is 6.54. The van der Waals surface area contributed by atoms with Gasteiger partial charge in [-0.05, 0) is 25.0 Å². The van der Waals surface area contributed by atoms with Crippen LogP contribution in [0.4, 0.5) is 10.1 Å². The second kappa shape index (κ2) is 7.29. The summed E-state index contributed by atoms with van der Waals surface area (Å²) in [5.74, 6) is -0.100. The number of anilines is 1. The van der Waals surface area contributed by atoms with E-state index in [4.69, 9.17) is 4.74 Å². The average molecular weight is 349 g/mol. The predicted molar refractivity (Wildman–Crippen MR) is 92.2 cm³/mol. The summed E-state index contributed by atoms with van der Waals surface area (Å²) >= 11 is 0. The number of piperazine rings is 1. The molecule has 2 aliphatic rings. The van der Waals surface area contributed by atoms with E-state index in [1.54, 1.807) is 18.0 Å². The molecule has 0 radical (unpaired) electrons. The second-order valence-electron chi connectivity index (χ2n) is 6.54. The zero-order chi connectivity index (χ0) is 18.0. The molecule has 0 saturated carbocycles. The molecule has 7 heteroatoms. The van der Waals surface area contributed by atoms with Crippen molar-refractivity contribution in [1.82, 2.24) is 9.80 Å². The van der Waals surface area contributed by atoms with Gasteiger partial charge in [0.15, 0.2) is 11.6 Å². The van der Waals surface area contributed by atoms with Gasteiger partial charge >= 0.3 is 0 Å². The number of carbonyl (C=O) groups excluding carboxylic acids is 2. The summed E-state index contributed by atoms with van der Waals surface area (Å²) in [5, 5.41) is 0. The van der Waals surface area contributed by atoms with Crippen LogP contribution in [-0.4, -0.2) is 68.0 Å². The molecule has 1 atom stereocenters. The monoisotopic (exact) mass is 349 g/mol. The molecule has 2 aliphatic heterocycles. The van der Waals surface area contributed by atoms with Crippen molar-refractivity contribution in [2.24, 2.45) is 0 Å². The third kappa shape index (κ3) is 3.55. The van der Waals surface area contributed by atoms with Crippen LogP contribution in [0.1, 0.15) is 19.3 Å². The van der Waals surface area contributed by atoms with E-state index in [0.29, 0.717) is 32.6 Å². The van der Waals surface area contributed by atoms with Crippen molar-refractivity contribution in [3.05, 3.63) is 24.0 Å². The van der Waals surface area contributed by atoms with Crippen LogP contribution in [0, 0.1) is 5.82 Å². The summed E-state index contributed by atoms with van der Waals surface area (Å²) in [4.78, 5) is 30.0. The Hall–Kier alpha value is -2.31. The zero-order valence-corrected chi connectivity index (χ0v) is 14.7. The molecule has 136 valence electrons. The van der Waals surface area contributed by atoms with Crippen LogP contribution in [0.3, 0.4) is 0 Å². The number of halogens is 1. The standard InChI is InChI=1S/C18H24FN3O3/c1-20-15(4-3-5-17(20)23)18(24)22-10-8-21(9-11-22)13-6-7-16(25-2)14(19)12-13/h6-7,12,15H,3-5,8-11H2,1-2H3. The number of nitrogens with zero attached hydrogens (tertiary/aromatic N) is 3. The number of likely N-dealkylation sites (N-methyl/N-ethyl adjacent to an activating group) is 1. The lowest BCUT2D eigenvalue weighted by Crippen LogP contribution is -2.56. The Kier molecular flexibility index (Phi) is 5.11. The fraction of sp³-hybridized carbons (Fsp3) is 0.556. The molecule has 25 heavy (non-hydrogen) atoms. The fourth-order valence-corrected chi connectivity index (χ4v) is 3.53. The number of ether oxygens (including phenoxy) is 1. The zero-order valence-electron chi connectivity index (χ0n) is 14.7. The van der Waals surface area contributed by atoms with Crippen LogP contribution in [0.5, 0.6) is 5.75 Å². The molecule has 2 saturated heterocycles. The van der Waals surface area contributed by atoms with Gasteiger partial charge in [-0.3, -0.25) is 9.59 Å². The molecule has 1 aromatic rings.